The highest BCUT2D eigenvalue weighted by Gasteiger charge is 2.38. The number of aliphatic hydroxyl groups is 1. The van der Waals surface area contributed by atoms with Crippen LogP contribution in [0.3, 0.4) is 0 Å². The highest BCUT2D eigenvalue weighted by molar-refractivity contribution is 7.91. The first-order chi connectivity index (χ1) is 9.32. The van der Waals surface area contributed by atoms with E-state index in [9.17, 15) is 13.5 Å². The summed E-state index contributed by atoms with van der Waals surface area (Å²) in [5, 5.41) is 13.2. The van der Waals surface area contributed by atoms with Gasteiger partial charge in [0.25, 0.3) is 0 Å². The molecule has 0 saturated carbocycles. The van der Waals surface area contributed by atoms with Gasteiger partial charge in [0.05, 0.1) is 16.5 Å². The van der Waals surface area contributed by atoms with E-state index in [1.165, 1.54) is 0 Å². The van der Waals surface area contributed by atoms with Gasteiger partial charge in [-0.15, -0.1) is 0 Å². The maximum atomic E-state index is 11.4. The van der Waals surface area contributed by atoms with Gasteiger partial charge >= 0.3 is 0 Å². The standard InChI is InChI=1S/C13H18ClNO4S/c1-8(15-2)9-3-4-12(10(14)5-9)19-13-7-20(17,18)6-11(13)16/h3-5,8,11,13,15-16H,6-7H2,1-2H3. The van der Waals surface area contributed by atoms with Crippen LogP contribution in [0, 0.1) is 0 Å². The minimum atomic E-state index is -3.23. The molecule has 3 atom stereocenters. The van der Waals surface area contributed by atoms with E-state index in [2.05, 4.69) is 5.32 Å². The van der Waals surface area contributed by atoms with Crippen molar-refractivity contribution < 1.29 is 18.3 Å². The Morgan fingerprint density at radius 1 is 1.45 bits per heavy atom. The zero-order valence-electron chi connectivity index (χ0n) is 11.3. The van der Waals surface area contributed by atoms with Gasteiger partial charge in [-0.1, -0.05) is 17.7 Å². The second kappa shape index (κ2) is 5.89. The van der Waals surface area contributed by atoms with Crippen LogP contribution in [0.15, 0.2) is 18.2 Å². The molecule has 0 radical (unpaired) electrons. The zero-order chi connectivity index (χ0) is 14.9. The molecule has 5 nitrogen and oxygen atoms in total. The molecule has 0 aliphatic carbocycles. The molecular weight excluding hydrogens is 302 g/mol. The van der Waals surface area contributed by atoms with Crippen molar-refractivity contribution in [3.63, 3.8) is 0 Å². The van der Waals surface area contributed by atoms with Crippen LogP contribution in [0.25, 0.3) is 0 Å². The number of rotatable bonds is 4. The van der Waals surface area contributed by atoms with Crippen LogP contribution in [0.1, 0.15) is 18.5 Å². The Hall–Kier alpha value is -0.820. The first-order valence-electron chi connectivity index (χ1n) is 6.34. The average Bonchev–Trinajstić information content (AvgIpc) is 2.63. The van der Waals surface area contributed by atoms with E-state index in [0.29, 0.717) is 10.8 Å². The molecule has 1 aromatic carbocycles. The molecule has 2 N–H and O–H groups in total. The summed E-state index contributed by atoms with van der Waals surface area (Å²) in [5.41, 5.74) is 1.00. The number of hydrogen-bond acceptors (Lipinski definition) is 5. The van der Waals surface area contributed by atoms with Gasteiger partial charge in [-0.2, -0.15) is 0 Å². The lowest BCUT2D eigenvalue weighted by Crippen LogP contribution is -2.29. The lowest BCUT2D eigenvalue weighted by Gasteiger charge is -2.18. The van der Waals surface area contributed by atoms with E-state index >= 15 is 0 Å². The number of sulfone groups is 1. The molecule has 112 valence electrons. The summed E-state index contributed by atoms with van der Waals surface area (Å²) < 4.78 is 28.4. The SMILES string of the molecule is CNC(C)c1ccc(OC2CS(=O)(=O)CC2O)c(Cl)c1. The van der Waals surface area contributed by atoms with E-state index in [1.807, 2.05) is 20.0 Å². The number of halogens is 1. The summed E-state index contributed by atoms with van der Waals surface area (Å²) in [6.45, 7) is 2.00. The van der Waals surface area contributed by atoms with Gasteiger partial charge in [-0.25, -0.2) is 8.42 Å². The summed E-state index contributed by atoms with van der Waals surface area (Å²) in [6.07, 6.45) is -1.77. The third kappa shape index (κ3) is 3.44. The van der Waals surface area contributed by atoms with E-state index in [4.69, 9.17) is 16.3 Å². The summed E-state index contributed by atoms with van der Waals surface area (Å²) in [6, 6.07) is 5.48. The molecule has 0 spiro atoms. The second-order valence-electron chi connectivity index (χ2n) is 5.00. The van der Waals surface area contributed by atoms with Gasteiger partial charge in [-0.05, 0) is 31.7 Å². The molecule has 1 heterocycles. The van der Waals surface area contributed by atoms with Gasteiger partial charge < -0.3 is 15.2 Å². The fraction of sp³-hybridized carbons (Fsp3) is 0.538. The van der Waals surface area contributed by atoms with Gasteiger partial charge in [-0.3, -0.25) is 0 Å². The van der Waals surface area contributed by atoms with E-state index < -0.39 is 22.0 Å². The fourth-order valence-corrected chi connectivity index (χ4v) is 4.02. The van der Waals surface area contributed by atoms with Gasteiger partial charge in [0.2, 0.25) is 0 Å². The molecule has 2 rings (SSSR count). The van der Waals surface area contributed by atoms with Crippen molar-refractivity contribution in [2.45, 2.75) is 25.2 Å². The maximum Gasteiger partial charge on any atom is 0.156 e. The highest BCUT2D eigenvalue weighted by Crippen LogP contribution is 2.30. The minimum absolute atomic E-state index is 0.152. The Labute approximate surface area is 123 Å². The molecule has 0 aromatic heterocycles. The summed E-state index contributed by atoms with van der Waals surface area (Å²) in [5.74, 6) is -0.0524. The highest BCUT2D eigenvalue weighted by atomic mass is 35.5. The van der Waals surface area contributed by atoms with Crippen LogP contribution in [0.2, 0.25) is 5.02 Å². The van der Waals surface area contributed by atoms with Crippen molar-refractivity contribution in [3.05, 3.63) is 28.8 Å². The van der Waals surface area contributed by atoms with Crippen molar-refractivity contribution in [2.75, 3.05) is 18.6 Å². The van der Waals surface area contributed by atoms with Crippen LogP contribution in [0.4, 0.5) is 0 Å². The molecule has 3 unspecified atom stereocenters. The van der Waals surface area contributed by atoms with E-state index in [-0.39, 0.29) is 17.5 Å². The van der Waals surface area contributed by atoms with Crippen LogP contribution >= 0.6 is 11.6 Å². The molecule has 1 aromatic rings. The normalized spacial score (nSPS) is 26.4. The monoisotopic (exact) mass is 319 g/mol. The van der Waals surface area contributed by atoms with Gasteiger partial charge in [0, 0.05) is 6.04 Å². The fourth-order valence-electron chi connectivity index (χ4n) is 2.12. The predicted molar refractivity (Wildman–Crippen MR) is 78.0 cm³/mol. The molecule has 1 aliphatic heterocycles. The quantitative estimate of drug-likeness (QED) is 0.871. The summed E-state index contributed by atoms with van der Waals surface area (Å²) in [7, 11) is -1.38. The van der Waals surface area contributed by atoms with Crippen molar-refractivity contribution in [2.24, 2.45) is 0 Å². The van der Waals surface area contributed by atoms with Crippen LogP contribution in [-0.2, 0) is 9.84 Å². The van der Waals surface area contributed by atoms with Crippen molar-refractivity contribution in [3.8, 4) is 5.75 Å². The Bertz CT molecular complexity index is 590. The van der Waals surface area contributed by atoms with Crippen LogP contribution < -0.4 is 10.1 Å². The topological polar surface area (TPSA) is 75.6 Å². The Morgan fingerprint density at radius 2 is 2.15 bits per heavy atom. The Balaban J connectivity index is 2.15. The maximum absolute atomic E-state index is 11.4. The van der Waals surface area contributed by atoms with Crippen molar-refractivity contribution in [1.82, 2.24) is 5.32 Å². The molecule has 1 aliphatic rings. The van der Waals surface area contributed by atoms with E-state index in [0.717, 1.165) is 5.56 Å². The van der Waals surface area contributed by atoms with Crippen LogP contribution in [0.5, 0.6) is 5.75 Å². The Morgan fingerprint density at radius 3 is 2.65 bits per heavy atom. The predicted octanol–water partition coefficient (Wildman–Crippen LogP) is 1.16. The molecular formula is C13H18ClNO4S. The van der Waals surface area contributed by atoms with E-state index in [1.54, 1.807) is 12.1 Å². The molecule has 7 heteroatoms. The average molecular weight is 320 g/mol. The third-order valence-corrected chi connectivity index (χ3v) is 5.42. The largest absolute Gasteiger partial charge is 0.485 e. The van der Waals surface area contributed by atoms with Gasteiger partial charge in [0.1, 0.15) is 18.0 Å². The minimum Gasteiger partial charge on any atom is -0.485 e. The number of hydrogen-bond donors (Lipinski definition) is 2. The first-order valence-corrected chi connectivity index (χ1v) is 8.54. The lowest BCUT2D eigenvalue weighted by molar-refractivity contribution is 0.0738. The number of aliphatic hydroxyl groups excluding tert-OH is 1. The molecule has 1 saturated heterocycles. The zero-order valence-corrected chi connectivity index (χ0v) is 12.9. The van der Waals surface area contributed by atoms with Crippen LogP contribution in [-0.4, -0.2) is 44.3 Å². The molecule has 1 fully saturated rings. The Kier molecular flexibility index (Phi) is 4.59. The lowest BCUT2D eigenvalue weighted by atomic mass is 10.1. The number of ether oxygens (including phenoxy) is 1. The number of nitrogens with one attached hydrogen (secondary N) is 1. The van der Waals surface area contributed by atoms with Crippen molar-refractivity contribution >= 4 is 21.4 Å². The smallest absolute Gasteiger partial charge is 0.156 e. The molecule has 0 amide bonds. The molecule has 20 heavy (non-hydrogen) atoms. The van der Waals surface area contributed by atoms with Gasteiger partial charge in [0.15, 0.2) is 9.84 Å². The number of benzene rings is 1. The summed E-state index contributed by atoms with van der Waals surface area (Å²) in [4.78, 5) is 0. The molecule has 0 bridgehead atoms. The van der Waals surface area contributed by atoms with Crippen molar-refractivity contribution in [1.29, 1.82) is 0 Å². The summed E-state index contributed by atoms with van der Waals surface area (Å²) >= 11 is 6.14. The third-order valence-electron chi connectivity index (χ3n) is 3.44. The first kappa shape index (κ1) is 15.6. The second-order valence-corrected chi connectivity index (χ2v) is 7.56.